The first kappa shape index (κ1) is 17.0. The van der Waals surface area contributed by atoms with Crippen LogP contribution >= 0.6 is 0 Å². The summed E-state index contributed by atoms with van der Waals surface area (Å²) in [5.74, 6) is 0.581. The number of nitrogen functional groups attached to an aromatic ring is 1. The number of alkyl halides is 1. The number of ether oxygens (including phenoxy) is 1. The number of fused-ring (bicyclic) bond motifs is 1. The molecule has 0 saturated heterocycles. The van der Waals surface area contributed by atoms with Gasteiger partial charge >= 0.3 is 0 Å². The maximum atomic E-state index is 12.7. The SMILES string of the molecule is COc1ccc(NS(=O)(=O)c2ccc(CF)cc2N)c2ncccc12. The van der Waals surface area contributed by atoms with Gasteiger partial charge in [0, 0.05) is 11.6 Å². The van der Waals surface area contributed by atoms with E-state index < -0.39 is 16.7 Å². The molecule has 1 aromatic heterocycles. The van der Waals surface area contributed by atoms with Crippen LogP contribution in [0, 0.1) is 0 Å². The number of methoxy groups -OCH3 is 1. The molecule has 8 heteroatoms. The minimum atomic E-state index is -3.96. The van der Waals surface area contributed by atoms with Crippen LogP contribution in [-0.4, -0.2) is 20.5 Å². The van der Waals surface area contributed by atoms with Crippen LogP contribution in [0.4, 0.5) is 15.8 Å². The van der Waals surface area contributed by atoms with Crippen molar-refractivity contribution in [1.29, 1.82) is 0 Å². The maximum absolute atomic E-state index is 12.7. The number of aromatic nitrogens is 1. The molecule has 0 atom stereocenters. The van der Waals surface area contributed by atoms with Crippen LogP contribution in [-0.2, 0) is 16.7 Å². The van der Waals surface area contributed by atoms with Gasteiger partial charge in [0.15, 0.2) is 0 Å². The van der Waals surface area contributed by atoms with Gasteiger partial charge in [0.1, 0.15) is 17.3 Å². The lowest BCUT2D eigenvalue weighted by Crippen LogP contribution is -2.15. The molecular weight excluding hydrogens is 345 g/mol. The Hall–Kier alpha value is -2.87. The molecule has 130 valence electrons. The Balaban J connectivity index is 2.06. The topological polar surface area (TPSA) is 94.3 Å². The smallest absolute Gasteiger partial charge is 0.264 e. The fourth-order valence-corrected chi connectivity index (χ4v) is 3.71. The van der Waals surface area contributed by atoms with Crippen molar-refractivity contribution < 1.29 is 17.5 Å². The first-order chi connectivity index (χ1) is 12.0. The van der Waals surface area contributed by atoms with E-state index in [1.165, 1.54) is 25.3 Å². The molecule has 0 radical (unpaired) electrons. The summed E-state index contributed by atoms with van der Waals surface area (Å²) < 4.78 is 45.8. The lowest BCUT2D eigenvalue weighted by atomic mass is 10.2. The summed E-state index contributed by atoms with van der Waals surface area (Å²) in [5.41, 5.74) is 6.81. The second kappa shape index (κ2) is 6.56. The summed E-state index contributed by atoms with van der Waals surface area (Å²) >= 11 is 0. The van der Waals surface area contributed by atoms with Crippen molar-refractivity contribution >= 4 is 32.3 Å². The molecule has 0 bridgehead atoms. The van der Waals surface area contributed by atoms with E-state index >= 15 is 0 Å². The Morgan fingerprint density at radius 3 is 2.72 bits per heavy atom. The highest BCUT2D eigenvalue weighted by molar-refractivity contribution is 7.93. The molecule has 0 fully saturated rings. The van der Waals surface area contributed by atoms with E-state index in [1.54, 1.807) is 30.5 Å². The van der Waals surface area contributed by atoms with Crippen molar-refractivity contribution in [2.45, 2.75) is 11.6 Å². The van der Waals surface area contributed by atoms with E-state index in [9.17, 15) is 12.8 Å². The lowest BCUT2D eigenvalue weighted by Gasteiger charge is -2.13. The van der Waals surface area contributed by atoms with Crippen molar-refractivity contribution in [2.24, 2.45) is 0 Å². The van der Waals surface area contributed by atoms with E-state index in [-0.39, 0.29) is 10.6 Å². The van der Waals surface area contributed by atoms with E-state index in [0.717, 1.165) is 0 Å². The van der Waals surface area contributed by atoms with E-state index in [4.69, 9.17) is 10.5 Å². The third kappa shape index (κ3) is 3.20. The molecule has 0 aliphatic heterocycles. The van der Waals surface area contributed by atoms with Gasteiger partial charge in [0.25, 0.3) is 10.0 Å². The van der Waals surface area contributed by atoms with E-state index in [1.807, 2.05) is 0 Å². The monoisotopic (exact) mass is 361 g/mol. The summed E-state index contributed by atoms with van der Waals surface area (Å²) in [4.78, 5) is 4.11. The first-order valence-electron chi connectivity index (χ1n) is 7.35. The molecule has 3 rings (SSSR count). The fraction of sp³-hybridized carbons (Fsp3) is 0.118. The van der Waals surface area contributed by atoms with Crippen molar-refractivity contribution in [2.75, 3.05) is 17.6 Å². The first-order valence-corrected chi connectivity index (χ1v) is 8.83. The van der Waals surface area contributed by atoms with Crippen LogP contribution in [0.2, 0.25) is 0 Å². The van der Waals surface area contributed by atoms with Gasteiger partial charge in [0.2, 0.25) is 0 Å². The Morgan fingerprint density at radius 1 is 1.24 bits per heavy atom. The molecule has 25 heavy (non-hydrogen) atoms. The highest BCUT2D eigenvalue weighted by atomic mass is 32.2. The number of sulfonamides is 1. The van der Waals surface area contributed by atoms with Gasteiger partial charge in [0.05, 0.1) is 24.0 Å². The van der Waals surface area contributed by atoms with Gasteiger partial charge < -0.3 is 10.5 Å². The molecule has 0 aliphatic rings. The number of hydrogen-bond acceptors (Lipinski definition) is 5. The fourth-order valence-electron chi connectivity index (χ4n) is 2.53. The molecule has 0 spiro atoms. The number of hydrogen-bond donors (Lipinski definition) is 2. The molecule has 6 nitrogen and oxygen atoms in total. The number of anilines is 2. The average molecular weight is 361 g/mol. The van der Waals surface area contributed by atoms with Crippen molar-refractivity contribution in [1.82, 2.24) is 4.98 Å². The molecule has 2 aromatic carbocycles. The Labute approximate surface area is 144 Å². The number of benzene rings is 2. The maximum Gasteiger partial charge on any atom is 0.264 e. The molecule has 0 aliphatic carbocycles. The molecule has 1 heterocycles. The van der Waals surface area contributed by atoms with Crippen molar-refractivity contribution in [3.05, 3.63) is 54.2 Å². The zero-order chi connectivity index (χ0) is 18.0. The number of nitrogens with zero attached hydrogens (tertiary/aromatic N) is 1. The van der Waals surface area contributed by atoms with Crippen molar-refractivity contribution in [3.8, 4) is 5.75 Å². The molecule has 3 aromatic rings. The zero-order valence-corrected chi connectivity index (χ0v) is 14.2. The van der Waals surface area contributed by atoms with Gasteiger partial charge in [-0.05, 0) is 42.0 Å². The average Bonchev–Trinajstić information content (AvgIpc) is 2.61. The number of nitrogens with one attached hydrogen (secondary N) is 1. The summed E-state index contributed by atoms with van der Waals surface area (Å²) in [6.07, 6.45) is 1.56. The predicted octanol–water partition coefficient (Wildman–Crippen LogP) is 3.10. The molecule has 0 amide bonds. The molecular formula is C17H16FN3O3S. The zero-order valence-electron chi connectivity index (χ0n) is 13.4. The van der Waals surface area contributed by atoms with Gasteiger partial charge in [-0.3, -0.25) is 9.71 Å². The molecule has 0 unspecified atom stereocenters. The lowest BCUT2D eigenvalue weighted by molar-refractivity contribution is 0.420. The summed E-state index contributed by atoms with van der Waals surface area (Å²) in [7, 11) is -2.43. The standard InChI is InChI=1S/C17H16FN3O3S/c1-24-15-6-5-14(17-12(15)3-2-8-20-17)21-25(22,23)16-7-4-11(10-18)9-13(16)19/h2-9,21H,10,19H2,1H3. The van der Waals surface area contributed by atoms with Gasteiger partial charge in [-0.25, -0.2) is 12.8 Å². The molecule has 0 saturated carbocycles. The number of pyridine rings is 1. The van der Waals surface area contributed by atoms with Crippen LogP contribution in [0.1, 0.15) is 5.56 Å². The van der Waals surface area contributed by atoms with E-state index in [2.05, 4.69) is 9.71 Å². The Bertz CT molecular complexity index is 1040. The van der Waals surface area contributed by atoms with Crippen LogP contribution < -0.4 is 15.2 Å². The third-order valence-corrected chi connectivity index (χ3v) is 5.15. The normalized spacial score (nSPS) is 11.4. The van der Waals surface area contributed by atoms with Gasteiger partial charge in [-0.15, -0.1) is 0 Å². The highest BCUT2D eigenvalue weighted by Crippen LogP contribution is 2.32. The minimum absolute atomic E-state index is 0.0200. The van der Waals surface area contributed by atoms with Crippen LogP contribution in [0.3, 0.4) is 0 Å². The minimum Gasteiger partial charge on any atom is -0.496 e. The quantitative estimate of drug-likeness (QED) is 0.681. The second-order valence-electron chi connectivity index (χ2n) is 5.33. The van der Waals surface area contributed by atoms with Crippen LogP contribution in [0.5, 0.6) is 5.75 Å². The van der Waals surface area contributed by atoms with E-state index in [0.29, 0.717) is 27.9 Å². The summed E-state index contributed by atoms with van der Waals surface area (Å²) in [6, 6.07) is 10.7. The predicted molar refractivity (Wildman–Crippen MR) is 94.8 cm³/mol. The van der Waals surface area contributed by atoms with Gasteiger partial charge in [-0.1, -0.05) is 6.07 Å². The Kier molecular flexibility index (Phi) is 4.45. The van der Waals surface area contributed by atoms with Crippen molar-refractivity contribution in [3.63, 3.8) is 0 Å². The summed E-state index contributed by atoms with van der Waals surface area (Å²) in [5, 5.41) is 0.672. The molecule has 3 N–H and O–H groups in total. The summed E-state index contributed by atoms with van der Waals surface area (Å²) in [6.45, 7) is -0.717. The number of nitrogens with two attached hydrogens (primary N) is 1. The van der Waals surface area contributed by atoms with Crippen LogP contribution in [0.15, 0.2) is 53.6 Å². The largest absolute Gasteiger partial charge is 0.496 e. The Morgan fingerprint density at radius 2 is 2.04 bits per heavy atom. The second-order valence-corrected chi connectivity index (χ2v) is 6.98. The number of halogens is 1. The van der Waals surface area contributed by atoms with Gasteiger partial charge in [-0.2, -0.15) is 0 Å². The third-order valence-electron chi connectivity index (χ3n) is 3.71. The van der Waals surface area contributed by atoms with Crippen LogP contribution in [0.25, 0.3) is 10.9 Å². The number of rotatable bonds is 5. The highest BCUT2D eigenvalue weighted by Gasteiger charge is 2.20.